The Balaban J connectivity index is 0.00000289. The van der Waals surface area contributed by atoms with Crippen LogP contribution in [-0.4, -0.2) is 20.5 Å². The number of hydrogen-bond acceptors (Lipinski definition) is 3. The fourth-order valence-corrected chi connectivity index (χ4v) is 2.61. The van der Waals surface area contributed by atoms with Crippen molar-refractivity contribution < 1.29 is 17.2 Å². The van der Waals surface area contributed by atoms with Crippen molar-refractivity contribution in [2.75, 3.05) is 6.54 Å². The maximum Gasteiger partial charge on any atom is 0.241 e. The molecule has 0 saturated heterocycles. The van der Waals surface area contributed by atoms with E-state index < -0.39 is 32.1 Å². The van der Waals surface area contributed by atoms with E-state index in [2.05, 4.69) is 4.72 Å². The van der Waals surface area contributed by atoms with Crippen LogP contribution < -0.4 is 10.5 Å². The molecule has 4 nitrogen and oxygen atoms in total. The van der Waals surface area contributed by atoms with Crippen LogP contribution in [0.1, 0.15) is 13.8 Å². The number of nitrogens with one attached hydrogen (secondary N) is 1. The molecule has 8 heteroatoms. The SMILES string of the molecule is CC(C)(CN)NS(=O)(=O)c1cc(F)cc(F)c1.Cl. The van der Waals surface area contributed by atoms with Gasteiger partial charge in [0.2, 0.25) is 10.0 Å². The van der Waals surface area contributed by atoms with Crippen molar-refractivity contribution in [3.05, 3.63) is 29.8 Å². The van der Waals surface area contributed by atoms with E-state index in [4.69, 9.17) is 5.73 Å². The quantitative estimate of drug-likeness (QED) is 0.883. The highest BCUT2D eigenvalue weighted by atomic mass is 35.5. The van der Waals surface area contributed by atoms with Crippen LogP contribution in [0.3, 0.4) is 0 Å². The van der Waals surface area contributed by atoms with Crippen LogP contribution in [0, 0.1) is 11.6 Å². The van der Waals surface area contributed by atoms with E-state index in [0.29, 0.717) is 6.07 Å². The largest absolute Gasteiger partial charge is 0.329 e. The summed E-state index contributed by atoms with van der Waals surface area (Å²) in [6, 6.07) is 2.10. The molecule has 0 unspecified atom stereocenters. The summed E-state index contributed by atoms with van der Waals surface area (Å²) in [6.45, 7) is 3.20. The first kappa shape index (κ1) is 17.2. The average Bonchev–Trinajstić information content (AvgIpc) is 2.14. The molecule has 0 atom stereocenters. The third-order valence-corrected chi connectivity index (χ3v) is 3.74. The summed E-state index contributed by atoms with van der Waals surface area (Å²) in [7, 11) is -3.99. The van der Waals surface area contributed by atoms with Gasteiger partial charge in [0.05, 0.1) is 4.90 Å². The van der Waals surface area contributed by atoms with Crippen molar-refractivity contribution in [2.45, 2.75) is 24.3 Å². The van der Waals surface area contributed by atoms with Gasteiger partial charge in [-0.15, -0.1) is 12.4 Å². The van der Waals surface area contributed by atoms with E-state index in [-0.39, 0.29) is 19.0 Å². The highest BCUT2D eigenvalue weighted by Crippen LogP contribution is 2.15. The molecule has 0 radical (unpaired) electrons. The summed E-state index contributed by atoms with van der Waals surface area (Å²) in [6.07, 6.45) is 0. The molecule has 0 fully saturated rings. The predicted molar refractivity (Wildman–Crippen MR) is 67.1 cm³/mol. The zero-order valence-corrected chi connectivity index (χ0v) is 11.5. The Labute approximate surface area is 111 Å². The van der Waals surface area contributed by atoms with Crippen LogP contribution in [-0.2, 0) is 10.0 Å². The van der Waals surface area contributed by atoms with E-state index in [1.165, 1.54) is 0 Å². The molecule has 0 aliphatic heterocycles. The van der Waals surface area contributed by atoms with Gasteiger partial charge in [-0.2, -0.15) is 0 Å². The molecule has 0 aliphatic carbocycles. The Bertz CT molecular complexity index is 500. The Morgan fingerprint density at radius 2 is 1.67 bits per heavy atom. The minimum absolute atomic E-state index is 0. The highest BCUT2D eigenvalue weighted by Gasteiger charge is 2.25. The minimum atomic E-state index is -3.99. The third kappa shape index (κ3) is 4.49. The molecule has 0 aliphatic rings. The second-order valence-electron chi connectivity index (χ2n) is 4.30. The summed E-state index contributed by atoms with van der Waals surface area (Å²) < 4.78 is 51.7. The third-order valence-electron chi connectivity index (χ3n) is 2.07. The minimum Gasteiger partial charge on any atom is -0.329 e. The average molecular weight is 301 g/mol. The van der Waals surface area contributed by atoms with E-state index in [9.17, 15) is 17.2 Å². The maximum atomic E-state index is 12.9. The van der Waals surface area contributed by atoms with E-state index >= 15 is 0 Å². The van der Waals surface area contributed by atoms with E-state index in [1.54, 1.807) is 13.8 Å². The molecular formula is C10H15ClF2N2O2S. The van der Waals surface area contributed by atoms with E-state index in [1.807, 2.05) is 0 Å². The van der Waals surface area contributed by atoms with Crippen molar-refractivity contribution >= 4 is 22.4 Å². The van der Waals surface area contributed by atoms with Crippen molar-refractivity contribution in [1.82, 2.24) is 4.72 Å². The second-order valence-corrected chi connectivity index (χ2v) is 5.98. The molecule has 104 valence electrons. The molecule has 1 aromatic rings. The van der Waals surface area contributed by atoms with Gasteiger partial charge in [0.15, 0.2) is 0 Å². The molecule has 0 saturated carbocycles. The van der Waals surface area contributed by atoms with Gasteiger partial charge >= 0.3 is 0 Å². The first-order valence-electron chi connectivity index (χ1n) is 4.86. The van der Waals surface area contributed by atoms with Crippen LogP contribution >= 0.6 is 12.4 Å². The van der Waals surface area contributed by atoms with Crippen LogP contribution in [0.15, 0.2) is 23.1 Å². The summed E-state index contributed by atoms with van der Waals surface area (Å²) in [5, 5.41) is 0. The van der Waals surface area contributed by atoms with Gasteiger partial charge in [-0.3, -0.25) is 0 Å². The zero-order valence-electron chi connectivity index (χ0n) is 9.91. The summed E-state index contributed by atoms with van der Waals surface area (Å²) in [5.41, 5.74) is 4.49. The van der Waals surface area contributed by atoms with Crippen molar-refractivity contribution in [3.63, 3.8) is 0 Å². The van der Waals surface area contributed by atoms with Crippen molar-refractivity contribution in [3.8, 4) is 0 Å². The molecule has 18 heavy (non-hydrogen) atoms. The van der Waals surface area contributed by atoms with Gasteiger partial charge in [-0.05, 0) is 26.0 Å². The molecule has 3 N–H and O–H groups in total. The molecule has 0 amide bonds. The summed E-state index contributed by atoms with van der Waals surface area (Å²) in [5.74, 6) is -1.90. The lowest BCUT2D eigenvalue weighted by molar-refractivity contribution is 0.461. The Morgan fingerprint density at radius 1 is 1.22 bits per heavy atom. The fraction of sp³-hybridized carbons (Fsp3) is 0.400. The molecule has 0 aromatic heterocycles. The maximum absolute atomic E-state index is 12.9. The zero-order chi connectivity index (χ0) is 13.3. The second kappa shape index (κ2) is 5.92. The van der Waals surface area contributed by atoms with Crippen molar-refractivity contribution in [2.24, 2.45) is 5.73 Å². The number of benzene rings is 1. The highest BCUT2D eigenvalue weighted by molar-refractivity contribution is 7.89. The van der Waals surface area contributed by atoms with Crippen molar-refractivity contribution in [1.29, 1.82) is 0 Å². The Kier molecular flexibility index (Phi) is 5.67. The number of sulfonamides is 1. The van der Waals surface area contributed by atoms with Crippen LogP contribution in [0.4, 0.5) is 8.78 Å². The molecule has 1 rings (SSSR count). The Morgan fingerprint density at radius 3 is 2.06 bits per heavy atom. The van der Waals surface area contributed by atoms with Gasteiger partial charge < -0.3 is 5.73 Å². The molecular weight excluding hydrogens is 286 g/mol. The van der Waals surface area contributed by atoms with Gasteiger partial charge in [0.25, 0.3) is 0 Å². The topological polar surface area (TPSA) is 72.2 Å². The predicted octanol–water partition coefficient (Wildman–Crippen LogP) is 1.40. The van der Waals surface area contributed by atoms with E-state index in [0.717, 1.165) is 12.1 Å². The summed E-state index contributed by atoms with van der Waals surface area (Å²) in [4.78, 5) is -0.462. The Hall–Kier alpha value is -0.760. The van der Waals surface area contributed by atoms with Gasteiger partial charge in [0.1, 0.15) is 11.6 Å². The lowest BCUT2D eigenvalue weighted by Crippen LogP contribution is -2.48. The first-order valence-corrected chi connectivity index (χ1v) is 6.35. The standard InChI is InChI=1S/C10H14F2N2O2S.ClH/c1-10(2,6-13)14-17(15,16)9-4-7(11)3-8(12)5-9;/h3-5,14H,6,13H2,1-2H3;1H. The monoisotopic (exact) mass is 300 g/mol. The molecule has 1 aromatic carbocycles. The van der Waals surface area contributed by atoms with Gasteiger partial charge in [-0.25, -0.2) is 21.9 Å². The normalized spacial score (nSPS) is 12.1. The molecule has 0 heterocycles. The van der Waals surface area contributed by atoms with Crippen LogP contribution in [0.25, 0.3) is 0 Å². The summed E-state index contributed by atoms with van der Waals surface area (Å²) >= 11 is 0. The fourth-order valence-electron chi connectivity index (χ4n) is 1.15. The number of halogens is 3. The number of nitrogens with two attached hydrogens (primary N) is 1. The molecule has 0 spiro atoms. The number of rotatable bonds is 4. The van der Waals surface area contributed by atoms with Gasteiger partial charge in [-0.1, -0.05) is 0 Å². The van der Waals surface area contributed by atoms with Crippen LogP contribution in [0.2, 0.25) is 0 Å². The molecule has 0 bridgehead atoms. The first-order chi connectivity index (χ1) is 7.66. The lowest BCUT2D eigenvalue weighted by atomic mass is 10.1. The number of hydrogen-bond donors (Lipinski definition) is 2. The van der Waals surface area contributed by atoms with Crippen LogP contribution in [0.5, 0.6) is 0 Å². The lowest BCUT2D eigenvalue weighted by Gasteiger charge is -2.23. The smallest absolute Gasteiger partial charge is 0.241 e. The van der Waals surface area contributed by atoms with Gasteiger partial charge in [0, 0.05) is 18.2 Å².